The standard InChI is InChI=1S/3C10H20O2S.CH3.Sn/c3*1-8(2)6-4-3-5-7-9(13)10(11)12;;/h3*8-9,13H,3-7H2,1-2H3,(H,11,12);1H3;/q;;;;+3/p-3. The number of hydrogen-bond acceptors (Lipinski definition) is 9. The summed E-state index contributed by atoms with van der Waals surface area (Å²) in [5.74, 6) is 0.131. The molecule has 0 fully saturated rings. The summed E-state index contributed by atoms with van der Waals surface area (Å²) in [5.41, 5.74) is 0. The van der Waals surface area contributed by atoms with E-state index in [9.17, 15) is 14.4 Å². The topological polar surface area (TPSA) is 78.9 Å². The van der Waals surface area contributed by atoms with Crippen LogP contribution in [0.3, 0.4) is 0 Å². The van der Waals surface area contributed by atoms with Crippen LogP contribution in [0, 0.1) is 17.8 Å². The summed E-state index contributed by atoms with van der Waals surface area (Å²) >= 11 is 8.40. The molecule has 0 aliphatic rings. The fourth-order valence-corrected chi connectivity index (χ4v) is 10.6. The van der Waals surface area contributed by atoms with Crippen molar-refractivity contribution >= 4 is 75.4 Å². The van der Waals surface area contributed by atoms with E-state index in [0.717, 1.165) is 77.0 Å². The second-order valence-electron chi connectivity index (χ2n) is 12.8. The van der Waals surface area contributed by atoms with Gasteiger partial charge in [0, 0.05) is 0 Å². The molecular weight excluding hydrogens is 683 g/mol. The van der Waals surface area contributed by atoms with Crippen LogP contribution in [0.4, 0.5) is 0 Å². The average molecular weight is 744 g/mol. The third-order valence-corrected chi connectivity index (χ3v) is 13.3. The Labute approximate surface area is 273 Å². The molecule has 0 rings (SSSR count). The van der Waals surface area contributed by atoms with E-state index >= 15 is 0 Å². The first-order valence-corrected chi connectivity index (χ1v) is 23.8. The van der Waals surface area contributed by atoms with Crippen LogP contribution in [0.25, 0.3) is 0 Å². The number of thiol groups is 3. The van der Waals surface area contributed by atoms with Crippen LogP contribution in [0.15, 0.2) is 0 Å². The van der Waals surface area contributed by atoms with Gasteiger partial charge >= 0.3 is 275 Å². The van der Waals surface area contributed by atoms with Gasteiger partial charge in [0.05, 0.1) is 0 Å². The van der Waals surface area contributed by atoms with Crippen LogP contribution in [-0.2, 0) is 23.6 Å². The Morgan fingerprint density at radius 3 is 0.902 bits per heavy atom. The van der Waals surface area contributed by atoms with Crippen LogP contribution in [0.1, 0.15) is 138 Å². The van der Waals surface area contributed by atoms with Gasteiger partial charge in [0.1, 0.15) is 0 Å². The van der Waals surface area contributed by atoms with E-state index in [4.69, 9.17) is 9.22 Å². The molecule has 0 heterocycles. The SMILES string of the molecule is CC(C)CCCCCC(S)C(=O)[O][Sn]([CH3])([O]C(=O)C(S)CCCCCC(C)C)[O]C(=O)C(S)CCCCCC(C)C. The maximum absolute atomic E-state index is 13.0. The number of carbonyl (C=O) groups is 3. The van der Waals surface area contributed by atoms with E-state index in [1.165, 1.54) is 4.94 Å². The second-order valence-corrected chi connectivity index (χ2v) is 21.3. The zero-order valence-electron chi connectivity index (χ0n) is 26.9. The molecule has 0 amide bonds. The van der Waals surface area contributed by atoms with Gasteiger partial charge in [-0.3, -0.25) is 0 Å². The molecule has 41 heavy (non-hydrogen) atoms. The molecule has 0 bridgehead atoms. The number of carbonyl (C=O) groups excluding carboxylic acids is 3. The quantitative estimate of drug-likeness (QED) is 0.0521. The van der Waals surface area contributed by atoms with Crippen LogP contribution in [-0.4, -0.2) is 53.3 Å². The maximum atomic E-state index is 13.0. The van der Waals surface area contributed by atoms with Crippen molar-refractivity contribution in [1.82, 2.24) is 0 Å². The van der Waals surface area contributed by atoms with E-state index in [1.54, 1.807) is 0 Å². The molecule has 0 aromatic carbocycles. The molecule has 242 valence electrons. The Morgan fingerprint density at radius 1 is 0.463 bits per heavy atom. The van der Waals surface area contributed by atoms with Crippen molar-refractivity contribution in [2.24, 2.45) is 17.8 Å². The van der Waals surface area contributed by atoms with E-state index in [2.05, 4.69) is 79.4 Å². The molecule has 0 spiro atoms. The van der Waals surface area contributed by atoms with Gasteiger partial charge in [0.25, 0.3) is 0 Å². The minimum absolute atomic E-state index is 0.543. The molecule has 6 nitrogen and oxygen atoms in total. The van der Waals surface area contributed by atoms with Gasteiger partial charge in [-0.15, -0.1) is 0 Å². The molecule has 0 saturated heterocycles. The van der Waals surface area contributed by atoms with Gasteiger partial charge < -0.3 is 0 Å². The Bertz CT molecular complexity index is 642. The molecule has 10 heteroatoms. The van der Waals surface area contributed by atoms with E-state index in [-0.39, 0.29) is 0 Å². The number of hydrogen-bond donors (Lipinski definition) is 3. The van der Waals surface area contributed by atoms with Crippen molar-refractivity contribution in [3.8, 4) is 0 Å². The van der Waals surface area contributed by atoms with Gasteiger partial charge in [0.15, 0.2) is 0 Å². The molecular formula is C31H60O6S3Sn. The van der Waals surface area contributed by atoms with Gasteiger partial charge in [-0.05, 0) is 0 Å². The first kappa shape index (κ1) is 41.3. The summed E-state index contributed by atoms with van der Waals surface area (Å²) in [6.07, 6.45) is 13.9. The first-order valence-electron chi connectivity index (χ1n) is 15.9. The second kappa shape index (κ2) is 23.6. The molecule has 0 saturated carbocycles. The molecule has 0 radical (unpaired) electrons. The third-order valence-electron chi connectivity index (χ3n) is 6.95. The molecule has 0 N–H and O–H groups in total. The van der Waals surface area contributed by atoms with Gasteiger partial charge in [-0.1, -0.05) is 0 Å². The summed E-state index contributed by atoms with van der Waals surface area (Å²) in [5, 5.41) is -2.03. The van der Waals surface area contributed by atoms with E-state index < -0.39 is 53.3 Å². The summed E-state index contributed by atoms with van der Waals surface area (Å²) < 4.78 is 17.1. The van der Waals surface area contributed by atoms with Crippen LogP contribution in [0.5, 0.6) is 0 Å². The molecule has 0 aliphatic heterocycles. The third kappa shape index (κ3) is 22.4. The van der Waals surface area contributed by atoms with Crippen molar-refractivity contribution in [1.29, 1.82) is 0 Å². The molecule has 3 atom stereocenters. The summed E-state index contributed by atoms with van der Waals surface area (Å²) in [6.45, 7) is 13.2. The van der Waals surface area contributed by atoms with Crippen molar-refractivity contribution < 1.29 is 23.6 Å². The summed E-state index contributed by atoms with van der Waals surface area (Å²) in [7, 11) is 0. The van der Waals surface area contributed by atoms with Crippen LogP contribution >= 0.6 is 37.9 Å². The van der Waals surface area contributed by atoms with Gasteiger partial charge in [-0.2, -0.15) is 0 Å². The zero-order chi connectivity index (χ0) is 31.4. The van der Waals surface area contributed by atoms with E-state index in [1.807, 2.05) is 0 Å². The summed E-state index contributed by atoms with van der Waals surface area (Å²) in [4.78, 5) is 40.4. The fraction of sp³-hybridized carbons (Fsp3) is 0.903. The van der Waals surface area contributed by atoms with E-state index in [0.29, 0.717) is 37.0 Å². The molecule has 0 aliphatic carbocycles. The van der Waals surface area contributed by atoms with Crippen molar-refractivity contribution in [3.05, 3.63) is 0 Å². The Morgan fingerprint density at radius 2 is 0.683 bits per heavy atom. The fourth-order valence-electron chi connectivity index (χ4n) is 4.37. The molecule has 3 unspecified atom stereocenters. The van der Waals surface area contributed by atoms with Crippen LogP contribution < -0.4 is 0 Å². The summed E-state index contributed by atoms with van der Waals surface area (Å²) in [6, 6.07) is 0. The Kier molecular flexibility index (Phi) is 23.8. The predicted octanol–water partition coefficient (Wildman–Crippen LogP) is 8.90. The van der Waals surface area contributed by atoms with Crippen molar-refractivity contribution in [2.75, 3.05) is 0 Å². The van der Waals surface area contributed by atoms with Crippen molar-refractivity contribution in [3.63, 3.8) is 0 Å². The average Bonchev–Trinajstić information content (AvgIpc) is 2.86. The zero-order valence-corrected chi connectivity index (χ0v) is 32.4. The van der Waals surface area contributed by atoms with Crippen molar-refractivity contribution in [2.45, 2.75) is 159 Å². The number of unbranched alkanes of at least 4 members (excludes halogenated alkanes) is 6. The Balaban J connectivity index is 5.16. The predicted molar refractivity (Wildman–Crippen MR) is 182 cm³/mol. The first-order chi connectivity index (χ1) is 19.2. The number of rotatable bonds is 24. The normalized spacial score (nSPS) is 15.4. The van der Waals surface area contributed by atoms with Gasteiger partial charge in [-0.25, -0.2) is 0 Å². The monoisotopic (exact) mass is 744 g/mol. The molecule has 0 aromatic heterocycles. The van der Waals surface area contributed by atoms with Gasteiger partial charge in [0.2, 0.25) is 0 Å². The molecule has 0 aromatic rings. The Hall–Kier alpha value is 0.259. The van der Waals surface area contributed by atoms with Crippen LogP contribution in [0.2, 0.25) is 4.94 Å². The minimum atomic E-state index is -4.96.